The first-order valence-electron chi connectivity index (χ1n) is 9.12. The second-order valence-corrected chi connectivity index (χ2v) is 6.29. The third-order valence-corrected chi connectivity index (χ3v) is 4.46. The highest BCUT2D eigenvalue weighted by molar-refractivity contribution is 6.05. The van der Waals surface area contributed by atoms with Crippen molar-refractivity contribution in [2.24, 2.45) is 0 Å². The lowest BCUT2D eigenvalue weighted by Crippen LogP contribution is -2.39. The molecule has 0 saturated heterocycles. The van der Waals surface area contributed by atoms with E-state index in [1.807, 2.05) is 30.3 Å². The molecule has 30 heavy (non-hydrogen) atoms. The molecular formula is C22H21NO7. The van der Waals surface area contributed by atoms with Crippen molar-refractivity contribution in [3.05, 3.63) is 77.0 Å². The van der Waals surface area contributed by atoms with Crippen molar-refractivity contribution in [1.82, 2.24) is 0 Å². The summed E-state index contributed by atoms with van der Waals surface area (Å²) in [5.74, 6) is -2.04. The molecule has 8 nitrogen and oxygen atoms in total. The van der Waals surface area contributed by atoms with Gasteiger partial charge in [-0.3, -0.25) is 0 Å². The number of nitrogens with zero attached hydrogens (tertiary/aromatic N) is 1. The van der Waals surface area contributed by atoms with Crippen LogP contribution in [-0.2, 0) is 35.1 Å². The van der Waals surface area contributed by atoms with Crippen molar-refractivity contribution in [3.63, 3.8) is 0 Å². The molecule has 3 rings (SSSR count). The number of benzene rings is 2. The van der Waals surface area contributed by atoms with Gasteiger partial charge in [-0.05, 0) is 17.7 Å². The number of carbonyl (C=O) groups is 3. The molecule has 0 aliphatic carbocycles. The van der Waals surface area contributed by atoms with Crippen molar-refractivity contribution >= 4 is 23.6 Å². The van der Waals surface area contributed by atoms with Gasteiger partial charge >= 0.3 is 17.9 Å². The zero-order valence-electron chi connectivity index (χ0n) is 16.6. The first-order valence-corrected chi connectivity index (χ1v) is 9.12. The molecule has 1 aliphatic rings. The molecule has 0 amide bonds. The van der Waals surface area contributed by atoms with Gasteiger partial charge in [-0.1, -0.05) is 42.5 Å². The molecule has 0 spiro atoms. The van der Waals surface area contributed by atoms with Gasteiger partial charge in [0.15, 0.2) is 0 Å². The summed E-state index contributed by atoms with van der Waals surface area (Å²) >= 11 is 0. The van der Waals surface area contributed by atoms with E-state index in [1.54, 1.807) is 24.3 Å². The minimum Gasteiger partial charge on any atom is -0.466 e. The number of ether oxygens (including phenoxy) is 4. The summed E-state index contributed by atoms with van der Waals surface area (Å²) < 4.78 is 20.5. The summed E-state index contributed by atoms with van der Waals surface area (Å²) in [4.78, 5) is 38.8. The lowest BCUT2D eigenvalue weighted by atomic mass is 10.1. The molecule has 0 aromatic heterocycles. The normalized spacial score (nSPS) is 13.6. The molecule has 2 aromatic rings. The van der Waals surface area contributed by atoms with Gasteiger partial charge in [0.1, 0.15) is 19.0 Å². The van der Waals surface area contributed by atoms with Crippen molar-refractivity contribution in [2.75, 3.05) is 32.5 Å². The third-order valence-electron chi connectivity index (χ3n) is 4.46. The van der Waals surface area contributed by atoms with E-state index in [2.05, 4.69) is 0 Å². The van der Waals surface area contributed by atoms with E-state index in [1.165, 1.54) is 19.1 Å². The predicted molar refractivity (Wildman–Crippen MR) is 106 cm³/mol. The van der Waals surface area contributed by atoms with E-state index in [4.69, 9.17) is 18.9 Å². The molecule has 0 bridgehead atoms. The van der Waals surface area contributed by atoms with Gasteiger partial charge in [0.05, 0.1) is 37.7 Å². The summed E-state index contributed by atoms with van der Waals surface area (Å²) in [6.45, 7) is -0.0836. The summed E-state index contributed by atoms with van der Waals surface area (Å²) in [6, 6.07) is 15.8. The van der Waals surface area contributed by atoms with Gasteiger partial charge in [-0.2, -0.15) is 0 Å². The number of anilines is 1. The Kier molecular flexibility index (Phi) is 6.82. The lowest BCUT2D eigenvalue weighted by molar-refractivity contribution is -0.140. The molecule has 0 saturated carbocycles. The molecule has 8 heteroatoms. The number of hydrogen-bond donors (Lipinski definition) is 0. The van der Waals surface area contributed by atoms with E-state index in [0.29, 0.717) is 5.69 Å². The van der Waals surface area contributed by atoms with Crippen LogP contribution >= 0.6 is 0 Å². The summed E-state index contributed by atoms with van der Waals surface area (Å²) in [5.41, 5.74) is 1.36. The van der Waals surface area contributed by atoms with Crippen LogP contribution in [0.2, 0.25) is 0 Å². The smallest absolute Gasteiger partial charge is 0.355 e. The quantitative estimate of drug-likeness (QED) is 0.529. The molecule has 156 valence electrons. The number of esters is 3. The first-order chi connectivity index (χ1) is 14.6. The maximum atomic E-state index is 12.8. The van der Waals surface area contributed by atoms with Crippen LogP contribution in [0.25, 0.3) is 0 Å². The Labute approximate surface area is 173 Å². The second-order valence-electron chi connectivity index (χ2n) is 6.29. The topological polar surface area (TPSA) is 91.4 Å². The lowest BCUT2D eigenvalue weighted by Gasteiger charge is -2.32. The van der Waals surface area contributed by atoms with Gasteiger partial charge in [0, 0.05) is 0 Å². The van der Waals surface area contributed by atoms with Crippen molar-refractivity contribution < 1.29 is 33.3 Å². The fourth-order valence-electron chi connectivity index (χ4n) is 3.02. The molecule has 0 unspecified atom stereocenters. The van der Waals surface area contributed by atoms with E-state index < -0.39 is 17.9 Å². The van der Waals surface area contributed by atoms with Gasteiger partial charge in [0.25, 0.3) is 0 Å². The molecule has 2 aromatic carbocycles. The van der Waals surface area contributed by atoms with Crippen LogP contribution < -0.4 is 4.90 Å². The Morgan fingerprint density at radius 1 is 0.900 bits per heavy atom. The van der Waals surface area contributed by atoms with E-state index in [0.717, 1.165) is 5.56 Å². The van der Waals surface area contributed by atoms with Crippen molar-refractivity contribution in [2.45, 2.75) is 6.61 Å². The van der Waals surface area contributed by atoms with Crippen LogP contribution in [0.5, 0.6) is 0 Å². The average molecular weight is 411 g/mol. The Bertz CT molecular complexity index is 968. The molecule has 1 heterocycles. The minimum atomic E-state index is -0.744. The Morgan fingerprint density at radius 2 is 1.57 bits per heavy atom. The molecule has 0 atom stereocenters. The molecule has 0 N–H and O–H groups in total. The van der Waals surface area contributed by atoms with Crippen LogP contribution in [0.15, 0.2) is 65.9 Å². The van der Waals surface area contributed by atoms with Gasteiger partial charge < -0.3 is 23.8 Å². The van der Waals surface area contributed by atoms with Crippen molar-refractivity contribution in [3.8, 4) is 0 Å². The van der Waals surface area contributed by atoms with E-state index in [-0.39, 0.29) is 36.8 Å². The zero-order valence-corrected chi connectivity index (χ0v) is 16.6. The zero-order chi connectivity index (χ0) is 21.5. The Morgan fingerprint density at radius 3 is 2.27 bits per heavy atom. The average Bonchev–Trinajstić information content (AvgIpc) is 2.81. The van der Waals surface area contributed by atoms with Crippen LogP contribution in [0.3, 0.4) is 0 Å². The van der Waals surface area contributed by atoms with Gasteiger partial charge in [-0.15, -0.1) is 0 Å². The number of methoxy groups -OCH3 is 2. The van der Waals surface area contributed by atoms with E-state index >= 15 is 0 Å². The highest BCUT2D eigenvalue weighted by Gasteiger charge is 2.34. The standard InChI is InChI=1S/C22H21NO7/c1-27-20(24)17-13-29-14-23(19(17)22(26)28-2)18-11-7-6-10-16(18)21(25)30-12-15-8-4-3-5-9-15/h3-11H,12-14H2,1-2H3. The summed E-state index contributed by atoms with van der Waals surface area (Å²) in [6.07, 6.45) is 0. The van der Waals surface area contributed by atoms with Gasteiger partial charge in [-0.25, -0.2) is 14.4 Å². The predicted octanol–water partition coefficient (Wildman–Crippen LogP) is 2.44. The summed E-state index contributed by atoms with van der Waals surface area (Å²) in [5, 5.41) is 0. The number of carbonyl (C=O) groups excluding carboxylic acids is 3. The van der Waals surface area contributed by atoms with Crippen LogP contribution in [-0.4, -0.2) is 45.5 Å². The monoisotopic (exact) mass is 411 g/mol. The fraction of sp³-hybridized carbons (Fsp3) is 0.227. The third kappa shape index (κ3) is 4.49. The highest BCUT2D eigenvalue weighted by atomic mass is 16.5. The van der Waals surface area contributed by atoms with Crippen LogP contribution in [0, 0.1) is 0 Å². The van der Waals surface area contributed by atoms with Crippen LogP contribution in [0.1, 0.15) is 15.9 Å². The number of para-hydroxylation sites is 1. The maximum Gasteiger partial charge on any atom is 0.355 e. The number of hydrogen-bond acceptors (Lipinski definition) is 8. The Hall–Kier alpha value is -3.65. The Balaban J connectivity index is 1.95. The van der Waals surface area contributed by atoms with Crippen molar-refractivity contribution in [1.29, 1.82) is 0 Å². The minimum absolute atomic E-state index is 0.00283. The largest absolute Gasteiger partial charge is 0.466 e. The maximum absolute atomic E-state index is 12.8. The molecule has 1 aliphatic heterocycles. The van der Waals surface area contributed by atoms with Crippen LogP contribution in [0.4, 0.5) is 5.69 Å². The highest BCUT2D eigenvalue weighted by Crippen LogP contribution is 2.30. The first kappa shape index (κ1) is 21.1. The molecule has 0 fully saturated rings. The fourth-order valence-corrected chi connectivity index (χ4v) is 3.02. The summed E-state index contributed by atoms with van der Waals surface area (Å²) in [7, 11) is 2.41. The molecular weight excluding hydrogens is 390 g/mol. The molecule has 0 radical (unpaired) electrons. The SMILES string of the molecule is COC(=O)C1=C(C(=O)OC)N(c2ccccc2C(=O)OCc2ccccc2)COC1. The second kappa shape index (κ2) is 9.71. The van der Waals surface area contributed by atoms with Gasteiger partial charge in [0.2, 0.25) is 0 Å². The number of rotatable bonds is 6. The van der Waals surface area contributed by atoms with E-state index in [9.17, 15) is 14.4 Å².